The lowest BCUT2D eigenvalue weighted by Crippen LogP contribution is -2.33. The highest BCUT2D eigenvalue weighted by molar-refractivity contribution is 7.80. The molecule has 2 aromatic heterocycles. The monoisotopic (exact) mass is 541 g/mol. The minimum absolute atomic E-state index is 0.150. The van der Waals surface area contributed by atoms with Crippen molar-refractivity contribution in [1.82, 2.24) is 19.8 Å². The van der Waals surface area contributed by atoms with Crippen LogP contribution in [-0.2, 0) is 4.79 Å². The molecule has 1 fully saturated rings. The van der Waals surface area contributed by atoms with Crippen LogP contribution in [0.25, 0.3) is 5.69 Å². The van der Waals surface area contributed by atoms with Gasteiger partial charge in [-0.1, -0.05) is 24.3 Å². The van der Waals surface area contributed by atoms with E-state index in [1.165, 1.54) is 17.2 Å². The van der Waals surface area contributed by atoms with Gasteiger partial charge in [0.05, 0.1) is 23.5 Å². The van der Waals surface area contributed by atoms with E-state index in [2.05, 4.69) is 77.0 Å². The van der Waals surface area contributed by atoms with Crippen LogP contribution < -0.4 is 10.6 Å². The van der Waals surface area contributed by atoms with Crippen molar-refractivity contribution in [2.45, 2.75) is 46.2 Å². The van der Waals surface area contributed by atoms with Crippen molar-refractivity contribution >= 4 is 28.9 Å². The number of nitrogens with one attached hydrogen (secondary N) is 2. The fraction of sp³-hybridized carbons (Fsp3) is 0.258. The summed E-state index contributed by atoms with van der Waals surface area (Å²) in [6.45, 7) is 8.82. The maximum Gasteiger partial charge on any atom is 0.226 e. The summed E-state index contributed by atoms with van der Waals surface area (Å²) < 4.78 is 16.4. The number of nitrogens with zero attached hydrogens (tertiary/aromatic N) is 3. The van der Waals surface area contributed by atoms with Crippen molar-refractivity contribution in [2.75, 3.05) is 11.9 Å². The summed E-state index contributed by atoms with van der Waals surface area (Å²) in [6.07, 6.45) is 1.93. The van der Waals surface area contributed by atoms with E-state index < -0.39 is 5.82 Å². The van der Waals surface area contributed by atoms with Gasteiger partial charge in [0.15, 0.2) is 5.11 Å². The summed E-state index contributed by atoms with van der Waals surface area (Å²) in [5, 5.41) is 6.70. The van der Waals surface area contributed by atoms with Gasteiger partial charge < -0.3 is 20.1 Å². The predicted octanol–water partition coefficient (Wildman–Crippen LogP) is 6.25. The second kappa shape index (κ2) is 11.0. The third-order valence-electron chi connectivity index (χ3n) is 7.18. The number of carbonyl (C=O) groups excluding carboxylic acids is 1. The third kappa shape index (κ3) is 5.43. The molecule has 2 unspecified atom stereocenters. The summed E-state index contributed by atoms with van der Waals surface area (Å²) in [4.78, 5) is 19.5. The summed E-state index contributed by atoms with van der Waals surface area (Å²) >= 11 is 5.80. The van der Waals surface area contributed by atoms with Crippen LogP contribution in [0.4, 0.5) is 10.1 Å². The molecule has 6 nitrogen and oxygen atoms in total. The molecule has 0 saturated carbocycles. The fourth-order valence-corrected chi connectivity index (χ4v) is 5.88. The van der Waals surface area contributed by atoms with Gasteiger partial charge in [-0.25, -0.2) is 4.39 Å². The zero-order valence-electron chi connectivity index (χ0n) is 22.5. The third-order valence-corrected chi connectivity index (χ3v) is 7.53. The highest BCUT2D eigenvalue weighted by Gasteiger charge is 2.41. The molecular weight excluding hydrogens is 509 g/mol. The minimum Gasteiger partial charge on any atom is -0.352 e. The topological polar surface area (TPSA) is 62.2 Å². The first kappa shape index (κ1) is 26.6. The maximum atomic E-state index is 14.1. The van der Waals surface area contributed by atoms with E-state index in [0.717, 1.165) is 28.3 Å². The normalized spacial score (nSPS) is 16.8. The Morgan fingerprint density at radius 3 is 2.44 bits per heavy atom. The van der Waals surface area contributed by atoms with Gasteiger partial charge >= 0.3 is 0 Å². The maximum absolute atomic E-state index is 14.1. The quantitative estimate of drug-likeness (QED) is 0.271. The van der Waals surface area contributed by atoms with Crippen LogP contribution in [0.2, 0.25) is 0 Å². The summed E-state index contributed by atoms with van der Waals surface area (Å²) in [7, 11) is 0. The molecular formula is C31H32FN5OS. The Labute approximate surface area is 233 Å². The van der Waals surface area contributed by atoms with Crippen LogP contribution in [0.5, 0.6) is 0 Å². The molecule has 5 rings (SSSR count). The van der Waals surface area contributed by atoms with Crippen molar-refractivity contribution in [3.8, 4) is 5.69 Å². The van der Waals surface area contributed by atoms with Crippen LogP contribution in [0.15, 0.2) is 72.9 Å². The predicted molar refractivity (Wildman–Crippen MR) is 157 cm³/mol. The van der Waals surface area contributed by atoms with Gasteiger partial charge in [-0.05, 0) is 99.1 Å². The SMILES string of the molecule is Cc1cc(C)cc(-n2c(C)cc(C3C(c4ccccn4)NC(=S)N3CCC(=O)Nc3ccccc3F)c2C)c1. The van der Waals surface area contributed by atoms with Gasteiger partial charge in [0.2, 0.25) is 5.91 Å². The Morgan fingerprint density at radius 1 is 1.03 bits per heavy atom. The lowest BCUT2D eigenvalue weighted by Gasteiger charge is -2.28. The second-order valence-electron chi connectivity index (χ2n) is 10.1. The van der Waals surface area contributed by atoms with Crippen molar-refractivity contribution in [2.24, 2.45) is 0 Å². The number of halogens is 1. The van der Waals surface area contributed by atoms with Crippen molar-refractivity contribution in [3.05, 3.63) is 113 Å². The molecule has 0 bridgehead atoms. The number of amides is 1. The molecule has 0 radical (unpaired) electrons. The standard InChI is InChI=1S/C31H32FN5OS/c1-19-15-20(2)17-23(16-19)37-21(3)18-24(22(37)4)30-29(27-11-7-8-13-33-27)35-31(39)36(30)14-12-28(38)34-26-10-6-5-9-25(26)32/h5-11,13,15-18,29-30H,12,14H2,1-4H3,(H,34,38)(H,35,39). The van der Waals surface area contributed by atoms with E-state index in [4.69, 9.17) is 12.2 Å². The van der Waals surface area contributed by atoms with Crippen LogP contribution >= 0.6 is 12.2 Å². The molecule has 1 aliphatic rings. The number of hydrogen-bond acceptors (Lipinski definition) is 3. The smallest absolute Gasteiger partial charge is 0.226 e. The van der Waals surface area contributed by atoms with E-state index in [9.17, 15) is 9.18 Å². The number of rotatable bonds is 7. The van der Waals surface area contributed by atoms with E-state index in [1.807, 2.05) is 18.2 Å². The molecule has 0 spiro atoms. The number of hydrogen-bond donors (Lipinski definition) is 2. The molecule has 2 aromatic carbocycles. The Kier molecular flexibility index (Phi) is 7.48. The minimum atomic E-state index is -0.462. The number of aromatic nitrogens is 2. The largest absolute Gasteiger partial charge is 0.352 e. The highest BCUT2D eigenvalue weighted by Crippen LogP contribution is 2.41. The molecule has 0 aliphatic carbocycles. The Bertz CT molecular complexity index is 1510. The molecule has 1 saturated heterocycles. The first-order chi connectivity index (χ1) is 18.7. The molecule has 39 heavy (non-hydrogen) atoms. The van der Waals surface area contributed by atoms with E-state index >= 15 is 0 Å². The number of anilines is 1. The summed E-state index contributed by atoms with van der Waals surface area (Å²) in [6, 6.07) is 20.4. The van der Waals surface area contributed by atoms with E-state index in [-0.39, 0.29) is 30.1 Å². The number of benzene rings is 2. The van der Waals surface area contributed by atoms with E-state index in [0.29, 0.717) is 11.7 Å². The number of pyridine rings is 1. The van der Waals surface area contributed by atoms with E-state index in [1.54, 1.807) is 24.4 Å². The molecule has 4 aromatic rings. The van der Waals surface area contributed by atoms with Gasteiger partial charge in [-0.2, -0.15) is 0 Å². The second-order valence-corrected chi connectivity index (χ2v) is 10.5. The number of para-hydroxylation sites is 1. The first-order valence-corrected chi connectivity index (χ1v) is 13.4. The summed E-state index contributed by atoms with van der Waals surface area (Å²) in [5.74, 6) is -0.736. The number of thiocarbonyl (C=S) groups is 1. The Morgan fingerprint density at radius 2 is 1.74 bits per heavy atom. The van der Waals surface area contributed by atoms with Gasteiger partial charge in [-0.15, -0.1) is 0 Å². The van der Waals surface area contributed by atoms with Crippen molar-refractivity contribution in [1.29, 1.82) is 0 Å². The van der Waals surface area contributed by atoms with Crippen LogP contribution in [0.3, 0.4) is 0 Å². The average Bonchev–Trinajstić information content (AvgIpc) is 3.38. The molecule has 1 aliphatic heterocycles. The van der Waals surface area contributed by atoms with Gasteiger partial charge in [-0.3, -0.25) is 9.78 Å². The lowest BCUT2D eigenvalue weighted by molar-refractivity contribution is -0.116. The zero-order chi connectivity index (χ0) is 27.7. The molecule has 2 N–H and O–H groups in total. The van der Waals surface area contributed by atoms with Crippen molar-refractivity contribution < 1.29 is 9.18 Å². The molecule has 1 amide bonds. The molecule has 200 valence electrons. The van der Waals surface area contributed by atoms with Crippen LogP contribution in [-0.4, -0.2) is 32.0 Å². The summed E-state index contributed by atoms with van der Waals surface area (Å²) in [5.41, 5.74) is 7.91. The fourth-order valence-electron chi connectivity index (χ4n) is 5.55. The molecule has 8 heteroatoms. The average molecular weight is 542 g/mol. The number of aryl methyl sites for hydroxylation is 3. The Hall–Kier alpha value is -4.04. The van der Waals surface area contributed by atoms with Gasteiger partial charge in [0.25, 0.3) is 0 Å². The number of carbonyl (C=O) groups is 1. The molecule has 3 heterocycles. The van der Waals surface area contributed by atoms with Crippen LogP contribution in [0, 0.1) is 33.5 Å². The zero-order valence-corrected chi connectivity index (χ0v) is 23.3. The molecule has 2 atom stereocenters. The van der Waals surface area contributed by atoms with Gasteiger partial charge in [0, 0.05) is 36.2 Å². The lowest BCUT2D eigenvalue weighted by atomic mass is 9.96. The highest BCUT2D eigenvalue weighted by atomic mass is 32.1. The van der Waals surface area contributed by atoms with Crippen molar-refractivity contribution in [3.63, 3.8) is 0 Å². The first-order valence-electron chi connectivity index (χ1n) is 13.0. The van der Waals surface area contributed by atoms with Crippen LogP contribution in [0.1, 0.15) is 52.3 Å². The Balaban J connectivity index is 1.49. The van der Waals surface area contributed by atoms with Gasteiger partial charge in [0.1, 0.15) is 5.82 Å².